The summed E-state index contributed by atoms with van der Waals surface area (Å²) >= 11 is 8.15. The third-order valence-electron chi connectivity index (χ3n) is 3.97. The minimum atomic E-state index is 0.371. The molecule has 0 amide bonds. The topological polar surface area (TPSA) is 37.8 Å². The van der Waals surface area contributed by atoms with E-state index >= 15 is 0 Å². The van der Waals surface area contributed by atoms with Crippen LogP contribution >= 0.6 is 23.4 Å². The largest absolute Gasteiger partial charge is 0.368 e. The van der Waals surface area contributed by atoms with Crippen molar-refractivity contribution < 1.29 is 0 Å². The van der Waals surface area contributed by atoms with Crippen LogP contribution in [0.2, 0.25) is 5.15 Å². The molecule has 1 N–H and O–H groups in total. The average molecular weight is 300 g/mol. The summed E-state index contributed by atoms with van der Waals surface area (Å²) in [6, 6.07) is 0. The van der Waals surface area contributed by atoms with Crippen LogP contribution in [0.15, 0.2) is 0 Å². The van der Waals surface area contributed by atoms with Crippen molar-refractivity contribution in [1.82, 2.24) is 9.97 Å². The van der Waals surface area contributed by atoms with Crippen molar-refractivity contribution in [2.75, 3.05) is 18.1 Å². The predicted molar refractivity (Wildman–Crippen MR) is 84.4 cm³/mol. The van der Waals surface area contributed by atoms with Crippen molar-refractivity contribution in [3.63, 3.8) is 0 Å². The van der Waals surface area contributed by atoms with Crippen molar-refractivity contribution in [2.45, 2.75) is 50.7 Å². The summed E-state index contributed by atoms with van der Waals surface area (Å²) in [5.41, 5.74) is 0.952. The zero-order valence-corrected chi connectivity index (χ0v) is 13.5. The molecule has 2 rings (SSSR count). The van der Waals surface area contributed by atoms with Crippen LogP contribution in [0.4, 0.5) is 5.82 Å². The van der Waals surface area contributed by atoms with Crippen molar-refractivity contribution in [3.05, 3.63) is 16.5 Å². The maximum atomic E-state index is 6.17. The number of rotatable bonds is 5. The van der Waals surface area contributed by atoms with Crippen LogP contribution in [-0.4, -0.2) is 27.5 Å². The number of halogens is 1. The summed E-state index contributed by atoms with van der Waals surface area (Å²) in [6.07, 6.45) is 8.28. The molecule has 0 aromatic carbocycles. The smallest absolute Gasteiger partial charge is 0.137 e. The lowest BCUT2D eigenvalue weighted by Gasteiger charge is -2.27. The highest BCUT2D eigenvalue weighted by atomic mass is 35.5. The highest BCUT2D eigenvalue weighted by molar-refractivity contribution is 8.00. The van der Waals surface area contributed by atoms with Crippen molar-refractivity contribution in [1.29, 1.82) is 0 Å². The van der Waals surface area contributed by atoms with Gasteiger partial charge in [-0.15, -0.1) is 0 Å². The second-order valence-electron chi connectivity index (χ2n) is 5.21. The van der Waals surface area contributed by atoms with Crippen LogP contribution < -0.4 is 5.32 Å². The van der Waals surface area contributed by atoms with Gasteiger partial charge in [-0.1, -0.05) is 31.4 Å². The van der Waals surface area contributed by atoms with E-state index < -0.39 is 0 Å². The maximum Gasteiger partial charge on any atom is 0.137 e. The van der Waals surface area contributed by atoms with Crippen molar-refractivity contribution in [2.24, 2.45) is 0 Å². The Morgan fingerprint density at radius 1 is 1.32 bits per heavy atom. The van der Waals surface area contributed by atoms with Gasteiger partial charge in [-0.25, -0.2) is 9.97 Å². The van der Waals surface area contributed by atoms with E-state index in [9.17, 15) is 0 Å². The fraction of sp³-hybridized carbons (Fsp3) is 0.714. The summed E-state index contributed by atoms with van der Waals surface area (Å²) in [5, 5.41) is 4.07. The molecule has 1 fully saturated rings. The van der Waals surface area contributed by atoms with E-state index in [1.54, 1.807) is 0 Å². The molecule has 0 aliphatic heterocycles. The molecule has 0 spiro atoms. The van der Waals surface area contributed by atoms with Gasteiger partial charge in [0.1, 0.15) is 16.8 Å². The number of hydrogen-bond donors (Lipinski definition) is 1. The number of thioether (sulfide) groups is 1. The molecule has 1 aromatic rings. The number of nitrogens with zero attached hydrogens (tertiary/aromatic N) is 2. The van der Waals surface area contributed by atoms with E-state index in [1.165, 1.54) is 25.7 Å². The third kappa shape index (κ3) is 3.34. The summed E-state index contributed by atoms with van der Waals surface area (Å²) in [7, 11) is 0. The van der Waals surface area contributed by atoms with E-state index in [2.05, 4.69) is 21.5 Å². The van der Waals surface area contributed by atoms with Gasteiger partial charge in [0.25, 0.3) is 0 Å². The first kappa shape index (κ1) is 14.9. The zero-order valence-electron chi connectivity index (χ0n) is 11.9. The Bertz CT molecular complexity index is 445. The molecule has 1 aliphatic carbocycles. The minimum Gasteiger partial charge on any atom is -0.368 e. The van der Waals surface area contributed by atoms with Crippen LogP contribution in [0.25, 0.3) is 0 Å². The molecule has 0 atom stereocenters. The van der Waals surface area contributed by atoms with Gasteiger partial charge in [0.2, 0.25) is 0 Å². The first-order valence-corrected chi connectivity index (χ1v) is 8.52. The summed E-state index contributed by atoms with van der Waals surface area (Å²) < 4.78 is 0.371. The van der Waals surface area contributed by atoms with E-state index in [0.717, 1.165) is 30.2 Å². The standard InChI is InChI=1S/C14H22ClN3S/c1-4-11-17-12(15)10(2)13(18-11)16-9-14(19-3)7-5-6-8-14/h4-9H2,1-3H3,(H,16,17,18). The number of nitrogens with one attached hydrogen (secondary N) is 1. The van der Waals surface area contributed by atoms with E-state index in [4.69, 9.17) is 11.6 Å². The fourth-order valence-electron chi connectivity index (χ4n) is 2.58. The van der Waals surface area contributed by atoms with Gasteiger partial charge in [-0.05, 0) is 26.0 Å². The molecule has 1 aromatic heterocycles. The molecule has 0 unspecified atom stereocenters. The first-order chi connectivity index (χ1) is 9.10. The van der Waals surface area contributed by atoms with E-state index in [-0.39, 0.29) is 0 Å². The van der Waals surface area contributed by atoms with Gasteiger partial charge in [-0.2, -0.15) is 11.8 Å². The molecular weight excluding hydrogens is 278 g/mol. The molecule has 19 heavy (non-hydrogen) atoms. The van der Waals surface area contributed by atoms with Gasteiger partial charge in [0.05, 0.1) is 0 Å². The predicted octanol–water partition coefficient (Wildman–Crippen LogP) is 4.09. The monoisotopic (exact) mass is 299 g/mol. The van der Waals surface area contributed by atoms with Crippen molar-refractivity contribution >= 4 is 29.2 Å². The second kappa shape index (κ2) is 6.31. The van der Waals surface area contributed by atoms with Gasteiger partial charge in [0.15, 0.2) is 0 Å². The Kier molecular flexibility index (Phi) is 4.96. The van der Waals surface area contributed by atoms with E-state index in [1.807, 2.05) is 25.6 Å². The number of hydrogen-bond acceptors (Lipinski definition) is 4. The Balaban J connectivity index is 2.12. The molecule has 1 aliphatic rings. The normalized spacial score (nSPS) is 17.7. The molecule has 1 saturated carbocycles. The van der Waals surface area contributed by atoms with Gasteiger partial charge in [0, 0.05) is 23.3 Å². The molecular formula is C14H22ClN3S. The van der Waals surface area contributed by atoms with Crippen LogP contribution in [0.1, 0.15) is 44.0 Å². The van der Waals surface area contributed by atoms with Crippen LogP contribution in [0.5, 0.6) is 0 Å². The zero-order chi connectivity index (χ0) is 13.9. The second-order valence-corrected chi connectivity index (χ2v) is 6.84. The molecule has 0 saturated heterocycles. The SMILES string of the molecule is CCc1nc(Cl)c(C)c(NCC2(SC)CCCC2)n1. The fourth-order valence-corrected chi connectivity index (χ4v) is 3.68. The Morgan fingerprint density at radius 3 is 2.58 bits per heavy atom. The lowest BCUT2D eigenvalue weighted by Crippen LogP contribution is -2.30. The summed E-state index contributed by atoms with van der Waals surface area (Å²) in [4.78, 5) is 8.84. The lowest BCUT2D eigenvalue weighted by molar-refractivity contribution is 0.638. The first-order valence-electron chi connectivity index (χ1n) is 6.92. The highest BCUT2D eigenvalue weighted by Crippen LogP contribution is 2.40. The van der Waals surface area contributed by atoms with Gasteiger partial charge in [-0.3, -0.25) is 0 Å². The number of aryl methyl sites for hydroxylation is 1. The maximum absolute atomic E-state index is 6.17. The Hall–Kier alpha value is -0.480. The van der Waals surface area contributed by atoms with Gasteiger partial charge < -0.3 is 5.32 Å². The molecule has 106 valence electrons. The van der Waals surface area contributed by atoms with Crippen LogP contribution in [-0.2, 0) is 6.42 Å². The number of anilines is 1. The highest BCUT2D eigenvalue weighted by Gasteiger charge is 2.32. The molecule has 0 bridgehead atoms. The minimum absolute atomic E-state index is 0.371. The van der Waals surface area contributed by atoms with Crippen LogP contribution in [0.3, 0.4) is 0 Å². The molecule has 0 radical (unpaired) electrons. The summed E-state index contributed by atoms with van der Waals surface area (Å²) in [5.74, 6) is 1.71. The number of aromatic nitrogens is 2. The lowest BCUT2D eigenvalue weighted by atomic mass is 10.1. The quantitative estimate of drug-likeness (QED) is 0.831. The molecule has 1 heterocycles. The van der Waals surface area contributed by atoms with Gasteiger partial charge >= 0.3 is 0 Å². The molecule has 5 heteroatoms. The van der Waals surface area contributed by atoms with Crippen LogP contribution in [0, 0.1) is 6.92 Å². The Morgan fingerprint density at radius 2 is 2.00 bits per heavy atom. The Labute approximate surface area is 124 Å². The third-order valence-corrected chi connectivity index (χ3v) is 5.76. The van der Waals surface area contributed by atoms with Crippen molar-refractivity contribution in [3.8, 4) is 0 Å². The average Bonchev–Trinajstić information content (AvgIpc) is 2.89. The summed E-state index contributed by atoms with van der Waals surface area (Å²) in [6.45, 7) is 4.99. The molecule has 3 nitrogen and oxygen atoms in total. The van der Waals surface area contributed by atoms with E-state index in [0.29, 0.717) is 9.90 Å².